The van der Waals surface area contributed by atoms with Crippen LogP contribution in [0.2, 0.25) is 0 Å². The summed E-state index contributed by atoms with van der Waals surface area (Å²) in [5, 5.41) is 12.1. The second-order valence-corrected chi connectivity index (χ2v) is 4.95. The van der Waals surface area contributed by atoms with Crippen LogP contribution in [0.4, 0.5) is 4.79 Å². The van der Waals surface area contributed by atoms with Crippen LogP contribution in [0, 0.1) is 0 Å². The lowest BCUT2D eigenvalue weighted by Crippen LogP contribution is -2.42. The minimum atomic E-state index is -1.74. The van der Waals surface area contributed by atoms with Crippen LogP contribution in [-0.2, 0) is 30.6 Å². The molecule has 0 aromatic heterocycles. The fraction of sp³-hybridized carbons (Fsp3) is 0.333. The number of hydrogen-bond donors (Lipinski definition) is 2. The average molecular weight is 336 g/mol. The van der Waals surface area contributed by atoms with Gasteiger partial charge in [0.1, 0.15) is 6.61 Å². The molecule has 1 unspecified atom stereocenters. The van der Waals surface area contributed by atoms with E-state index in [4.69, 9.17) is 4.74 Å². The molecule has 1 saturated heterocycles. The van der Waals surface area contributed by atoms with E-state index in [-0.39, 0.29) is 19.4 Å². The van der Waals surface area contributed by atoms with Crippen LogP contribution in [0.15, 0.2) is 30.3 Å². The zero-order valence-electron chi connectivity index (χ0n) is 12.6. The quantitative estimate of drug-likeness (QED) is 0.694. The number of ether oxygens (including phenoxy) is 1. The monoisotopic (exact) mass is 336 g/mol. The molecule has 1 heterocycles. The first-order valence-electron chi connectivity index (χ1n) is 7.17. The van der Waals surface area contributed by atoms with Crippen LogP contribution in [0.5, 0.6) is 0 Å². The van der Waals surface area contributed by atoms with Gasteiger partial charge in [0.05, 0.1) is 6.54 Å². The molecule has 1 aromatic carbocycles. The Bertz CT molecular complexity index is 616. The highest BCUT2D eigenvalue weighted by Crippen LogP contribution is 2.12. The third-order valence-corrected chi connectivity index (χ3v) is 3.11. The van der Waals surface area contributed by atoms with Gasteiger partial charge >= 0.3 is 12.1 Å². The number of rotatable bonds is 6. The summed E-state index contributed by atoms with van der Waals surface area (Å²) < 4.78 is 4.89. The van der Waals surface area contributed by atoms with Crippen molar-refractivity contribution in [3.8, 4) is 0 Å². The number of nitrogens with zero attached hydrogens (tertiary/aromatic N) is 1. The second kappa shape index (κ2) is 8.06. The van der Waals surface area contributed by atoms with Crippen molar-refractivity contribution in [1.82, 2.24) is 10.4 Å². The van der Waals surface area contributed by atoms with Gasteiger partial charge in [0, 0.05) is 12.8 Å². The largest absolute Gasteiger partial charge is 0.445 e. The van der Waals surface area contributed by atoms with Gasteiger partial charge in [-0.1, -0.05) is 30.3 Å². The third-order valence-electron chi connectivity index (χ3n) is 3.11. The lowest BCUT2D eigenvalue weighted by Gasteiger charge is -2.16. The predicted molar refractivity (Wildman–Crippen MR) is 77.8 cm³/mol. The van der Waals surface area contributed by atoms with Crippen molar-refractivity contribution in [3.05, 3.63) is 35.9 Å². The molecule has 9 heteroatoms. The number of hydroxylamine groups is 2. The summed E-state index contributed by atoms with van der Waals surface area (Å²) in [5.74, 6) is -2.53. The Labute approximate surface area is 137 Å². The summed E-state index contributed by atoms with van der Waals surface area (Å²) in [4.78, 5) is 50.1. The number of imide groups is 1. The van der Waals surface area contributed by atoms with E-state index in [0.29, 0.717) is 5.06 Å². The number of hydrogen-bond acceptors (Lipinski definition) is 7. The number of amides is 3. The van der Waals surface area contributed by atoms with E-state index in [2.05, 4.69) is 10.2 Å². The number of aliphatic hydroxyl groups is 1. The van der Waals surface area contributed by atoms with Crippen LogP contribution in [0.25, 0.3) is 0 Å². The summed E-state index contributed by atoms with van der Waals surface area (Å²) >= 11 is 0. The number of aliphatic hydroxyl groups excluding tert-OH is 1. The molecular formula is C15H16N2O7. The van der Waals surface area contributed by atoms with Gasteiger partial charge in [-0.2, -0.15) is 0 Å². The van der Waals surface area contributed by atoms with Gasteiger partial charge in [-0.3, -0.25) is 9.59 Å². The van der Waals surface area contributed by atoms with E-state index in [1.165, 1.54) is 0 Å². The molecule has 0 bridgehead atoms. The highest BCUT2D eigenvalue weighted by molar-refractivity contribution is 6.01. The van der Waals surface area contributed by atoms with Crippen molar-refractivity contribution in [3.63, 3.8) is 0 Å². The van der Waals surface area contributed by atoms with E-state index in [1.54, 1.807) is 24.3 Å². The Morgan fingerprint density at radius 3 is 2.42 bits per heavy atom. The average Bonchev–Trinajstić information content (AvgIpc) is 2.90. The highest BCUT2D eigenvalue weighted by atomic mass is 16.7. The van der Waals surface area contributed by atoms with Crippen molar-refractivity contribution in [2.24, 2.45) is 0 Å². The molecule has 3 amide bonds. The number of alkyl carbamates (subject to hydrolysis) is 1. The molecule has 1 aliphatic rings. The first kappa shape index (κ1) is 17.4. The Kier molecular flexibility index (Phi) is 5.85. The Morgan fingerprint density at radius 2 is 1.79 bits per heavy atom. The molecule has 2 N–H and O–H groups in total. The molecular weight excluding hydrogens is 320 g/mol. The standard InChI is InChI=1S/C15H16N2O7/c18-11(14(21)24-17-12(19)6-7-13(17)20)8-16-15(22)23-9-10-4-2-1-3-5-10/h1-5,11,18H,6-9H2,(H,16,22). The Hall–Kier alpha value is -2.94. The summed E-state index contributed by atoms with van der Waals surface area (Å²) in [6.45, 7) is -0.452. The topological polar surface area (TPSA) is 122 Å². The zero-order valence-corrected chi connectivity index (χ0v) is 12.6. The molecule has 2 rings (SSSR count). The van der Waals surface area contributed by atoms with Gasteiger partial charge in [-0.15, -0.1) is 5.06 Å². The van der Waals surface area contributed by atoms with E-state index < -0.39 is 36.5 Å². The highest BCUT2D eigenvalue weighted by Gasteiger charge is 2.34. The second-order valence-electron chi connectivity index (χ2n) is 4.95. The van der Waals surface area contributed by atoms with Crippen LogP contribution >= 0.6 is 0 Å². The van der Waals surface area contributed by atoms with Crippen molar-refractivity contribution in [2.45, 2.75) is 25.6 Å². The van der Waals surface area contributed by atoms with Crippen LogP contribution < -0.4 is 5.32 Å². The maximum Gasteiger partial charge on any atom is 0.407 e. The fourth-order valence-electron chi connectivity index (χ4n) is 1.85. The molecule has 0 spiro atoms. The molecule has 0 aliphatic carbocycles. The normalized spacial score (nSPS) is 15.1. The van der Waals surface area contributed by atoms with Crippen LogP contribution in [-0.4, -0.2) is 46.7 Å². The molecule has 0 radical (unpaired) electrons. The smallest absolute Gasteiger partial charge is 0.407 e. The zero-order chi connectivity index (χ0) is 17.5. The molecule has 24 heavy (non-hydrogen) atoms. The molecule has 1 aromatic rings. The molecule has 1 fully saturated rings. The number of benzene rings is 1. The lowest BCUT2D eigenvalue weighted by molar-refractivity contribution is -0.203. The maximum absolute atomic E-state index is 11.6. The van der Waals surface area contributed by atoms with Crippen molar-refractivity contribution < 1.29 is 33.9 Å². The number of nitrogens with one attached hydrogen (secondary N) is 1. The van der Waals surface area contributed by atoms with Crippen LogP contribution in [0.1, 0.15) is 18.4 Å². The minimum absolute atomic E-state index is 0.0317. The SMILES string of the molecule is O=C(NCC(O)C(=O)ON1C(=O)CCC1=O)OCc1ccccc1. The van der Waals surface area contributed by atoms with Gasteiger partial charge in [-0.05, 0) is 5.56 Å². The van der Waals surface area contributed by atoms with E-state index >= 15 is 0 Å². The summed E-state index contributed by atoms with van der Waals surface area (Å²) in [6, 6.07) is 8.93. The molecule has 9 nitrogen and oxygen atoms in total. The first-order valence-corrected chi connectivity index (χ1v) is 7.17. The van der Waals surface area contributed by atoms with E-state index in [1.807, 2.05) is 6.07 Å². The molecule has 0 saturated carbocycles. The Balaban J connectivity index is 1.70. The fourth-order valence-corrected chi connectivity index (χ4v) is 1.85. The number of carbonyl (C=O) groups is 4. The molecule has 128 valence electrons. The Morgan fingerprint density at radius 1 is 1.17 bits per heavy atom. The summed E-state index contributed by atoms with van der Waals surface area (Å²) in [6.07, 6.45) is -2.67. The van der Waals surface area contributed by atoms with Crippen LogP contribution in [0.3, 0.4) is 0 Å². The predicted octanol–water partition coefficient (Wildman–Crippen LogP) is -0.119. The van der Waals surface area contributed by atoms with Crippen molar-refractivity contribution in [2.75, 3.05) is 6.54 Å². The summed E-state index contributed by atoms with van der Waals surface area (Å²) in [5.41, 5.74) is 0.777. The van der Waals surface area contributed by atoms with Gasteiger partial charge in [0.2, 0.25) is 0 Å². The van der Waals surface area contributed by atoms with Crippen molar-refractivity contribution >= 4 is 23.9 Å². The lowest BCUT2D eigenvalue weighted by atomic mass is 10.2. The van der Waals surface area contributed by atoms with Gasteiger partial charge in [-0.25, -0.2) is 9.59 Å². The number of carbonyl (C=O) groups excluding carboxylic acids is 4. The van der Waals surface area contributed by atoms with Gasteiger partial charge < -0.3 is 20.0 Å². The molecule has 1 atom stereocenters. The molecule has 1 aliphatic heterocycles. The van der Waals surface area contributed by atoms with Gasteiger partial charge in [0.25, 0.3) is 11.8 Å². The minimum Gasteiger partial charge on any atom is -0.445 e. The van der Waals surface area contributed by atoms with Crippen molar-refractivity contribution in [1.29, 1.82) is 0 Å². The van der Waals surface area contributed by atoms with E-state index in [9.17, 15) is 24.3 Å². The van der Waals surface area contributed by atoms with Gasteiger partial charge in [0.15, 0.2) is 6.10 Å². The first-order chi connectivity index (χ1) is 11.5. The third kappa shape index (κ3) is 4.78. The van der Waals surface area contributed by atoms with E-state index in [0.717, 1.165) is 5.56 Å². The maximum atomic E-state index is 11.6. The summed E-state index contributed by atoms with van der Waals surface area (Å²) in [7, 11) is 0.